The molecule has 0 saturated heterocycles. The zero-order valence-corrected chi connectivity index (χ0v) is 11.5. The average molecular weight is 250 g/mol. The molecule has 4 nitrogen and oxygen atoms in total. The number of hydrogen-bond donors (Lipinski definition) is 2. The molecule has 0 aliphatic heterocycles. The van der Waals surface area contributed by atoms with Gasteiger partial charge in [0, 0.05) is 0 Å². The number of aryl methyl sites for hydroxylation is 2. The molecule has 0 heterocycles. The third-order valence-electron chi connectivity index (χ3n) is 2.44. The van der Waals surface area contributed by atoms with Gasteiger partial charge in [-0.05, 0) is 51.0 Å². The van der Waals surface area contributed by atoms with E-state index in [1.807, 2.05) is 26.0 Å². The minimum atomic E-state index is -0.847. The van der Waals surface area contributed by atoms with Crippen molar-refractivity contribution in [1.82, 2.24) is 5.32 Å². The SMILES string of the molecule is Cc1cc(C)cc(OCCNC(=O)C(C)(C)N)c1. The van der Waals surface area contributed by atoms with Crippen LogP contribution < -0.4 is 15.8 Å². The Morgan fingerprint density at radius 1 is 1.28 bits per heavy atom. The fourth-order valence-corrected chi connectivity index (χ4v) is 1.58. The molecule has 4 heteroatoms. The van der Waals surface area contributed by atoms with E-state index < -0.39 is 5.54 Å². The number of benzene rings is 1. The summed E-state index contributed by atoms with van der Waals surface area (Å²) in [7, 11) is 0. The summed E-state index contributed by atoms with van der Waals surface area (Å²) < 4.78 is 5.58. The molecule has 0 saturated carbocycles. The van der Waals surface area contributed by atoms with Gasteiger partial charge >= 0.3 is 0 Å². The van der Waals surface area contributed by atoms with Crippen LogP contribution in [-0.2, 0) is 4.79 Å². The number of nitrogens with two attached hydrogens (primary N) is 1. The maximum absolute atomic E-state index is 11.5. The van der Waals surface area contributed by atoms with E-state index in [1.165, 1.54) is 0 Å². The van der Waals surface area contributed by atoms with E-state index in [9.17, 15) is 4.79 Å². The second-order valence-corrected chi connectivity index (χ2v) is 5.15. The first-order valence-electron chi connectivity index (χ1n) is 6.07. The van der Waals surface area contributed by atoms with Gasteiger partial charge < -0.3 is 15.8 Å². The van der Waals surface area contributed by atoms with E-state index in [1.54, 1.807) is 13.8 Å². The summed E-state index contributed by atoms with van der Waals surface area (Å²) in [6.45, 7) is 8.29. The molecule has 1 amide bonds. The van der Waals surface area contributed by atoms with E-state index in [0.29, 0.717) is 13.2 Å². The second-order valence-electron chi connectivity index (χ2n) is 5.15. The third-order valence-corrected chi connectivity index (χ3v) is 2.44. The summed E-state index contributed by atoms with van der Waals surface area (Å²) >= 11 is 0. The van der Waals surface area contributed by atoms with Crippen molar-refractivity contribution in [3.63, 3.8) is 0 Å². The Balaban J connectivity index is 2.36. The normalized spacial score (nSPS) is 11.2. The fourth-order valence-electron chi connectivity index (χ4n) is 1.58. The minimum Gasteiger partial charge on any atom is -0.492 e. The highest BCUT2D eigenvalue weighted by molar-refractivity contribution is 5.84. The Kier molecular flexibility index (Phi) is 4.73. The van der Waals surface area contributed by atoms with Gasteiger partial charge in [0.25, 0.3) is 0 Å². The summed E-state index contributed by atoms with van der Waals surface area (Å²) in [6.07, 6.45) is 0. The van der Waals surface area contributed by atoms with Gasteiger partial charge in [-0.1, -0.05) is 6.07 Å². The zero-order valence-electron chi connectivity index (χ0n) is 11.5. The average Bonchev–Trinajstić information content (AvgIpc) is 2.21. The Hall–Kier alpha value is -1.55. The molecule has 0 aliphatic carbocycles. The van der Waals surface area contributed by atoms with Crippen molar-refractivity contribution in [2.24, 2.45) is 5.73 Å². The lowest BCUT2D eigenvalue weighted by atomic mass is 10.1. The predicted octanol–water partition coefficient (Wildman–Crippen LogP) is 1.54. The first-order chi connectivity index (χ1) is 8.29. The quantitative estimate of drug-likeness (QED) is 0.779. The van der Waals surface area contributed by atoms with Gasteiger partial charge in [0.15, 0.2) is 0 Å². The molecule has 0 radical (unpaired) electrons. The predicted molar refractivity (Wildman–Crippen MR) is 72.7 cm³/mol. The maximum atomic E-state index is 11.5. The van der Waals surface area contributed by atoms with Crippen molar-refractivity contribution in [2.75, 3.05) is 13.2 Å². The highest BCUT2D eigenvalue weighted by Crippen LogP contribution is 2.15. The van der Waals surface area contributed by atoms with Crippen molar-refractivity contribution in [2.45, 2.75) is 33.2 Å². The molecule has 0 atom stereocenters. The zero-order chi connectivity index (χ0) is 13.8. The van der Waals surface area contributed by atoms with Gasteiger partial charge in [-0.15, -0.1) is 0 Å². The lowest BCUT2D eigenvalue weighted by Crippen LogP contribution is -2.49. The van der Waals surface area contributed by atoms with Crippen LogP contribution in [0.1, 0.15) is 25.0 Å². The van der Waals surface area contributed by atoms with Crippen molar-refractivity contribution in [3.8, 4) is 5.75 Å². The number of carbonyl (C=O) groups excluding carboxylic acids is 1. The molecule has 1 rings (SSSR count). The van der Waals surface area contributed by atoms with E-state index in [-0.39, 0.29) is 5.91 Å². The minimum absolute atomic E-state index is 0.175. The molecular weight excluding hydrogens is 228 g/mol. The number of nitrogens with one attached hydrogen (secondary N) is 1. The molecule has 1 aromatic rings. The van der Waals surface area contributed by atoms with Crippen LogP contribution in [-0.4, -0.2) is 24.6 Å². The van der Waals surface area contributed by atoms with Crippen LogP contribution in [0.2, 0.25) is 0 Å². The highest BCUT2D eigenvalue weighted by atomic mass is 16.5. The lowest BCUT2D eigenvalue weighted by molar-refractivity contribution is -0.125. The van der Waals surface area contributed by atoms with Crippen molar-refractivity contribution >= 4 is 5.91 Å². The van der Waals surface area contributed by atoms with Crippen molar-refractivity contribution in [1.29, 1.82) is 0 Å². The number of amides is 1. The number of rotatable bonds is 5. The fraction of sp³-hybridized carbons (Fsp3) is 0.500. The standard InChI is InChI=1S/C14H22N2O2/c1-10-7-11(2)9-12(8-10)18-6-5-16-13(17)14(3,4)15/h7-9H,5-6,15H2,1-4H3,(H,16,17). The third kappa shape index (κ3) is 4.75. The van der Waals surface area contributed by atoms with Gasteiger partial charge in [-0.2, -0.15) is 0 Å². The summed E-state index contributed by atoms with van der Waals surface area (Å²) in [4.78, 5) is 11.5. The molecule has 1 aromatic carbocycles. The van der Waals surface area contributed by atoms with Crippen LogP contribution in [0.25, 0.3) is 0 Å². The molecule has 18 heavy (non-hydrogen) atoms. The summed E-state index contributed by atoms with van der Waals surface area (Å²) in [5, 5.41) is 2.73. The molecule has 0 aliphatic rings. The topological polar surface area (TPSA) is 64.3 Å². The van der Waals surface area contributed by atoms with Gasteiger partial charge in [0.1, 0.15) is 12.4 Å². The van der Waals surface area contributed by atoms with Gasteiger partial charge in [0.2, 0.25) is 5.91 Å². The van der Waals surface area contributed by atoms with E-state index >= 15 is 0 Å². The van der Waals surface area contributed by atoms with Gasteiger partial charge in [-0.25, -0.2) is 0 Å². The number of ether oxygens (including phenoxy) is 1. The van der Waals surface area contributed by atoms with E-state index in [0.717, 1.165) is 16.9 Å². The monoisotopic (exact) mass is 250 g/mol. The first-order valence-corrected chi connectivity index (χ1v) is 6.07. The summed E-state index contributed by atoms with van der Waals surface area (Å²) in [5.74, 6) is 0.653. The molecule has 0 bridgehead atoms. The van der Waals surface area contributed by atoms with Crippen LogP contribution in [0.4, 0.5) is 0 Å². The highest BCUT2D eigenvalue weighted by Gasteiger charge is 2.20. The van der Waals surface area contributed by atoms with Crippen molar-refractivity contribution in [3.05, 3.63) is 29.3 Å². The van der Waals surface area contributed by atoms with E-state index in [4.69, 9.17) is 10.5 Å². The molecule has 0 aromatic heterocycles. The Labute approximate surface area is 109 Å². The Bertz CT molecular complexity index is 402. The largest absolute Gasteiger partial charge is 0.492 e. The molecule has 100 valence electrons. The summed E-state index contributed by atoms with van der Waals surface area (Å²) in [5.41, 5.74) is 7.14. The molecule has 3 N–H and O–H groups in total. The van der Waals surface area contributed by atoms with Crippen LogP contribution in [0.5, 0.6) is 5.75 Å². The van der Waals surface area contributed by atoms with Gasteiger partial charge in [0.05, 0.1) is 12.1 Å². The second kappa shape index (κ2) is 5.87. The number of carbonyl (C=O) groups is 1. The summed E-state index contributed by atoms with van der Waals surface area (Å²) in [6, 6.07) is 6.04. The Morgan fingerprint density at radius 2 is 1.83 bits per heavy atom. The maximum Gasteiger partial charge on any atom is 0.239 e. The molecular formula is C14H22N2O2. The molecule has 0 unspecified atom stereocenters. The molecule has 0 fully saturated rings. The van der Waals surface area contributed by atoms with Crippen molar-refractivity contribution < 1.29 is 9.53 Å². The van der Waals surface area contributed by atoms with Crippen LogP contribution in [0, 0.1) is 13.8 Å². The molecule has 0 spiro atoms. The Morgan fingerprint density at radius 3 is 2.33 bits per heavy atom. The number of hydrogen-bond acceptors (Lipinski definition) is 3. The van der Waals surface area contributed by atoms with Crippen LogP contribution >= 0.6 is 0 Å². The smallest absolute Gasteiger partial charge is 0.239 e. The lowest BCUT2D eigenvalue weighted by Gasteiger charge is -2.17. The van der Waals surface area contributed by atoms with E-state index in [2.05, 4.69) is 11.4 Å². The van der Waals surface area contributed by atoms with Crippen LogP contribution in [0.3, 0.4) is 0 Å². The van der Waals surface area contributed by atoms with Crippen LogP contribution in [0.15, 0.2) is 18.2 Å². The first kappa shape index (κ1) is 14.5. The van der Waals surface area contributed by atoms with Gasteiger partial charge in [-0.3, -0.25) is 4.79 Å².